The van der Waals surface area contributed by atoms with Gasteiger partial charge in [0, 0.05) is 17.5 Å². The first-order valence-electron chi connectivity index (χ1n) is 12.2. The lowest BCUT2D eigenvalue weighted by atomic mass is 9.96. The third kappa shape index (κ3) is 6.09. The van der Waals surface area contributed by atoms with Gasteiger partial charge in [-0.3, -0.25) is 0 Å². The second-order valence-electron chi connectivity index (χ2n) is 9.02. The van der Waals surface area contributed by atoms with E-state index in [0.717, 1.165) is 49.9 Å². The van der Waals surface area contributed by atoms with E-state index in [0.29, 0.717) is 17.6 Å². The second-order valence-corrected chi connectivity index (χ2v) is 9.02. The number of unbranched alkanes of at least 4 members (excludes halogenated alkanes) is 3. The van der Waals surface area contributed by atoms with Crippen molar-refractivity contribution < 1.29 is 31.1 Å². The largest absolute Gasteiger partial charge is 0.493 e. The van der Waals surface area contributed by atoms with Crippen LogP contribution in [0.5, 0.6) is 5.75 Å². The van der Waals surface area contributed by atoms with Crippen LogP contribution < -0.4 is 4.74 Å². The SMILES string of the molecule is CCCCCCOc1cc(F)c(-c2ccc3c(F)c(CCc4cc(F)c(F)c(F)c4)ccc3c2)c(F)c1. The zero-order valence-corrected chi connectivity index (χ0v) is 20.3. The van der Waals surface area contributed by atoms with E-state index >= 15 is 4.39 Å². The van der Waals surface area contributed by atoms with Crippen LogP contribution in [0.3, 0.4) is 0 Å². The molecule has 0 radical (unpaired) electrons. The second kappa shape index (κ2) is 11.7. The Morgan fingerprint density at radius 2 is 1.35 bits per heavy atom. The molecule has 0 bridgehead atoms. The maximum Gasteiger partial charge on any atom is 0.194 e. The van der Waals surface area contributed by atoms with Crippen molar-refractivity contribution in [1.82, 2.24) is 0 Å². The summed E-state index contributed by atoms with van der Waals surface area (Å²) in [6.45, 7) is 2.47. The Bertz CT molecular complexity index is 1370. The standard InChI is InChI=1S/C30H26F6O/c1-2-3-4-5-12-37-22-16-24(31)28(25(32)17-22)21-10-11-23-20(15-21)9-8-19(29(23)35)7-6-18-13-26(33)30(36)27(34)14-18/h8-11,13-17H,2-7,12H2,1H3. The lowest BCUT2D eigenvalue weighted by Gasteiger charge is -2.12. The van der Waals surface area contributed by atoms with Crippen LogP contribution in [-0.2, 0) is 12.8 Å². The first kappa shape index (κ1) is 26.6. The molecule has 0 aromatic heterocycles. The van der Waals surface area contributed by atoms with Crippen LogP contribution in [0, 0.1) is 34.9 Å². The molecule has 1 nitrogen and oxygen atoms in total. The number of hydrogen-bond donors (Lipinski definition) is 0. The van der Waals surface area contributed by atoms with Gasteiger partial charge in [0.2, 0.25) is 0 Å². The molecule has 0 saturated carbocycles. The van der Waals surface area contributed by atoms with Gasteiger partial charge in [0.05, 0.1) is 12.2 Å². The Morgan fingerprint density at radius 3 is 2.03 bits per heavy atom. The van der Waals surface area contributed by atoms with Crippen molar-refractivity contribution in [3.63, 3.8) is 0 Å². The van der Waals surface area contributed by atoms with Gasteiger partial charge in [-0.2, -0.15) is 0 Å². The molecule has 0 heterocycles. The Morgan fingerprint density at radius 1 is 0.649 bits per heavy atom. The van der Waals surface area contributed by atoms with Crippen molar-refractivity contribution in [2.45, 2.75) is 45.4 Å². The summed E-state index contributed by atoms with van der Waals surface area (Å²) < 4.78 is 90.4. The molecule has 4 aromatic carbocycles. The molecule has 0 fully saturated rings. The highest BCUT2D eigenvalue weighted by Gasteiger charge is 2.17. The van der Waals surface area contributed by atoms with Gasteiger partial charge in [0.15, 0.2) is 17.5 Å². The minimum Gasteiger partial charge on any atom is -0.493 e. The number of benzene rings is 4. The smallest absolute Gasteiger partial charge is 0.194 e. The van der Waals surface area contributed by atoms with Crippen LogP contribution in [-0.4, -0.2) is 6.61 Å². The molecule has 0 aliphatic heterocycles. The van der Waals surface area contributed by atoms with Crippen molar-refractivity contribution in [1.29, 1.82) is 0 Å². The fourth-order valence-corrected chi connectivity index (χ4v) is 4.34. The topological polar surface area (TPSA) is 9.23 Å². The van der Waals surface area contributed by atoms with E-state index in [2.05, 4.69) is 6.92 Å². The number of aryl methyl sites for hydroxylation is 2. The summed E-state index contributed by atoms with van der Waals surface area (Å²) in [5.41, 5.74) is 0.514. The van der Waals surface area contributed by atoms with E-state index in [4.69, 9.17) is 4.74 Å². The molecule has 0 aliphatic carbocycles. The number of halogens is 6. The average Bonchev–Trinajstić information content (AvgIpc) is 2.86. The van der Waals surface area contributed by atoms with E-state index in [1.807, 2.05) is 0 Å². The molecule has 0 N–H and O–H groups in total. The van der Waals surface area contributed by atoms with Crippen LogP contribution in [0.25, 0.3) is 21.9 Å². The predicted molar refractivity (Wildman–Crippen MR) is 133 cm³/mol. The third-order valence-corrected chi connectivity index (χ3v) is 6.33. The van der Waals surface area contributed by atoms with Gasteiger partial charge in [-0.25, -0.2) is 26.3 Å². The van der Waals surface area contributed by atoms with Crippen molar-refractivity contribution in [3.8, 4) is 16.9 Å². The molecule has 4 aromatic rings. The zero-order chi connectivity index (χ0) is 26.5. The Kier molecular flexibility index (Phi) is 8.41. The van der Waals surface area contributed by atoms with Crippen molar-refractivity contribution in [3.05, 3.63) is 101 Å². The van der Waals surface area contributed by atoms with Crippen LogP contribution >= 0.6 is 0 Å². The van der Waals surface area contributed by atoms with Crippen molar-refractivity contribution in [2.24, 2.45) is 0 Å². The minimum absolute atomic E-state index is 0.0953. The van der Waals surface area contributed by atoms with Crippen LogP contribution in [0.4, 0.5) is 26.3 Å². The van der Waals surface area contributed by atoms with Gasteiger partial charge < -0.3 is 4.74 Å². The Balaban J connectivity index is 1.53. The molecule has 0 spiro atoms. The van der Waals surface area contributed by atoms with E-state index in [-0.39, 0.29) is 40.7 Å². The summed E-state index contributed by atoms with van der Waals surface area (Å²) in [6.07, 6.45) is 4.15. The molecule has 7 heteroatoms. The fourth-order valence-electron chi connectivity index (χ4n) is 4.34. The minimum atomic E-state index is -1.55. The molecule has 0 atom stereocenters. The lowest BCUT2D eigenvalue weighted by Crippen LogP contribution is -2.00. The van der Waals surface area contributed by atoms with Gasteiger partial charge in [0.1, 0.15) is 23.2 Å². The number of rotatable bonds is 10. The molecule has 194 valence electrons. The monoisotopic (exact) mass is 516 g/mol. The van der Waals surface area contributed by atoms with Crippen LogP contribution in [0.1, 0.15) is 43.7 Å². The number of ether oxygens (including phenoxy) is 1. The van der Waals surface area contributed by atoms with Crippen LogP contribution in [0.2, 0.25) is 0 Å². The summed E-state index contributed by atoms with van der Waals surface area (Å²) in [6, 6.07) is 11.6. The highest BCUT2D eigenvalue weighted by Crippen LogP contribution is 2.33. The normalized spacial score (nSPS) is 11.3. The van der Waals surface area contributed by atoms with Gasteiger partial charge in [-0.15, -0.1) is 0 Å². The molecule has 0 aliphatic rings. The average molecular weight is 517 g/mol. The number of fused-ring (bicyclic) bond motifs is 1. The molecular weight excluding hydrogens is 490 g/mol. The van der Waals surface area contributed by atoms with E-state index in [1.165, 1.54) is 24.3 Å². The Hall–Kier alpha value is -3.48. The first-order valence-corrected chi connectivity index (χ1v) is 12.2. The summed E-state index contributed by atoms with van der Waals surface area (Å²) >= 11 is 0. The molecule has 0 amide bonds. The summed E-state index contributed by atoms with van der Waals surface area (Å²) in [7, 11) is 0. The lowest BCUT2D eigenvalue weighted by molar-refractivity contribution is 0.302. The highest BCUT2D eigenvalue weighted by atomic mass is 19.2. The summed E-state index contributed by atoms with van der Waals surface area (Å²) in [5.74, 6) is -6.13. The third-order valence-electron chi connectivity index (χ3n) is 6.33. The van der Waals surface area contributed by atoms with E-state index in [1.54, 1.807) is 6.07 Å². The zero-order valence-electron chi connectivity index (χ0n) is 20.3. The maximum atomic E-state index is 15.2. The quantitative estimate of drug-likeness (QED) is 0.116. The van der Waals surface area contributed by atoms with Gasteiger partial charge >= 0.3 is 0 Å². The molecule has 4 rings (SSSR count). The van der Waals surface area contributed by atoms with E-state index in [9.17, 15) is 22.0 Å². The first-order chi connectivity index (χ1) is 17.8. The molecule has 37 heavy (non-hydrogen) atoms. The number of hydrogen-bond acceptors (Lipinski definition) is 1. The summed E-state index contributed by atoms with van der Waals surface area (Å²) in [4.78, 5) is 0. The molecule has 0 saturated heterocycles. The summed E-state index contributed by atoms with van der Waals surface area (Å²) in [5, 5.41) is 0.679. The highest BCUT2D eigenvalue weighted by molar-refractivity contribution is 5.88. The van der Waals surface area contributed by atoms with Gasteiger partial charge in [-0.05, 0) is 59.5 Å². The van der Waals surface area contributed by atoms with Crippen LogP contribution in [0.15, 0.2) is 54.6 Å². The van der Waals surface area contributed by atoms with E-state index < -0.39 is 34.9 Å². The predicted octanol–water partition coefficient (Wildman–Crippen LogP) is 9.09. The van der Waals surface area contributed by atoms with Crippen molar-refractivity contribution >= 4 is 10.8 Å². The van der Waals surface area contributed by atoms with Crippen molar-refractivity contribution in [2.75, 3.05) is 6.61 Å². The molecular formula is C30H26F6O. The Labute approximate surface area is 211 Å². The molecule has 0 unspecified atom stereocenters. The van der Waals surface area contributed by atoms with Gasteiger partial charge in [0.25, 0.3) is 0 Å². The fraction of sp³-hybridized carbons (Fsp3) is 0.267. The maximum absolute atomic E-state index is 15.2. The van der Waals surface area contributed by atoms with Gasteiger partial charge in [-0.1, -0.05) is 50.5 Å².